The SMILES string of the molecule is CCC(CF)C(=O)OF. The molecule has 0 rings (SSSR count). The lowest BCUT2D eigenvalue weighted by molar-refractivity contribution is -0.189. The lowest BCUT2D eigenvalue weighted by atomic mass is 10.1. The van der Waals surface area contributed by atoms with E-state index in [0.717, 1.165) is 0 Å². The van der Waals surface area contributed by atoms with Crippen molar-refractivity contribution >= 4 is 5.97 Å². The Balaban J connectivity index is 3.64. The third-order valence-corrected chi connectivity index (χ3v) is 1.09. The maximum atomic E-state index is 11.6. The normalized spacial score (nSPS) is 12.8. The van der Waals surface area contributed by atoms with E-state index >= 15 is 0 Å². The van der Waals surface area contributed by atoms with E-state index in [1.54, 1.807) is 6.92 Å². The van der Waals surface area contributed by atoms with Crippen molar-refractivity contribution in [3.05, 3.63) is 0 Å². The molecule has 1 atom stereocenters. The minimum Gasteiger partial charge on any atom is -0.255 e. The maximum Gasteiger partial charge on any atom is 0.354 e. The fourth-order valence-electron chi connectivity index (χ4n) is 0.402. The lowest BCUT2D eigenvalue weighted by Crippen LogP contribution is -2.15. The van der Waals surface area contributed by atoms with Gasteiger partial charge in [-0.05, 0) is 6.42 Å². The van der Waals surface area contributed by atoms with Crippen LogP contribution in [0.1, 0.15) is 13.3 Å². The molecule has 0 saturated heterocycles. The van der Waals surface area contributed by atoms with E-state index in [1.165, 1.54) is 0 Å². The minimum atomic E-state index is -1.12. The second-order valence-corrected chi connectivity index (χ2v) is 1.66. The summed E-state index contributed by atoms with van der Waals surface area (Å²) in [5.74, 6) is -2.06. The van der Waals surface area contributed by atoms with Crippen molar-refractivity contribution in [2.75, 3.05) is 6.67 Å². The minimum absolute atomic E-state index is 0.263. The Morgan fingerprint density at radius 3 is 2.44 bits per heavy atom. The Morgan fingerprint density at radius 2 is 2.33 bits per heavy atom. The summed E-state index contributed by atoms with van der Waals surface area (Å²) in [5, 5.41) is 0. The zero-order chi connectivity index (χ0) is 7.28. The Bertz CT molecular complexity index is 91.0. The molecule has 0 spiro atoms. The quantitative estimate of drug-likeness (QED) is 0.589. The molecule has 1 unspecified atom stereocenters. The Labute approximate surface area is 51.7 Å². The van der Waals surface area contributed by atoms with Crippen LogP contribution in [0.5, 0.6) is 0 Å². The predicted octanol–water partition coefficient (Wildman–Crippen LogP) is 1.41. The van der Waals surface area contributed by atoms with Crippen LogP contribution in [0, 0.1) is 5.92 Å². The second kappa shape index (κ2) is 4.23. The summed E-state index contributed by atoms with van der Waals surface area (Å²) in [6.07, 6.45) is 0.263. The number of hydrogen-bond acceptors (Lipinski definition) is 2. The summed E-state index contributed by atoms with van der Waals surface area (Å²) >= 11 is 0. The predicted molar refractivity (Wildman–Crippen MR) is 27.0 cm³/mol. The number of alkyl halides is 1. The topological polar surface area (TPSA) is 26.3 Å². The van der Waals surface area contributed by atoms with Gasteiger partial charge in [-0.2, -0.15) is 0 Å². The van der Waals surface area contributed by atoms with Crippen molar-refractivity contribution in [3.63, 3.8) is 0 Å². The van der Waals surface area contributed by atoms with Gasteiger partial charge in [-0.1, -0.05) is 6.92 Å². The molecule has 2 nitrogen and oxygen atoms in total. The first-order valence-electron chi connectivity index (χ1n) is 2.64. The molecular weight excluding hydrogens is 130 g/mol. The van der Waals surface area contributed by atoms with E-state index in [2.05, 4.69) is 4.94 Å². The molecule has 0 N–H and O–H groups in total. The summed E-state index contributed by atoms with van der Waals surface area (Å²) in [7, 11) is 0. The fourth-order valence-corrected chi connectivity index (χ4v) is 0.402. The molecule has 0 saturated carbocycles. The van der Waals surface area contributed by atoms with E-state index in [9.17, 15) is 13.7 Å². The van der Waals surface area contributed by atoms with Gasteiger partial charge in [-0.25, -0.2) is 4.79 Å². The highest BCUT2D eigenvalue weighted by Gasteiger charge is 2.17. The second-order valence-electron chi connectivity index (χ2n) is 1.66. The van der Waals surface area contributed by atoms with Crippen molar-refractivity contribution in [2.24, 2.45) is 5.92 Å². The fraction of sp³-hybridized carbons (Fsp3) is 0.800. The van der Waals surface area contributed by atoms with Crippen LogP contribution in [0.3, 0.4) is 0 Å². The molecule has 0 aliphatic heterocycles. The highest BCUT2D eigenvalue weighted by molar-refractivity contribution is 5.71. The van der Waals surface area contributed by atoms with Gasteiger partial charge in [0.15, 0.2) is 0 Å². The van der Waals surface area contributed by atoms with Crippen LogP contribution in [0.4, 0.5) is 8.92 Å². The Hall–Kier alpha value is -0.670. The molecule has 0 aliphatic rings. The van der Waals surface area contributed by atoms with Crippen molar-refractivity contribution in [1.29, 1.82) is 0 Å². The van der Waals surface area contributed by atoms with Gasteiger partial charge in [0.25, 0.3) is 0 Å². The van der Waals surface area contributed by atoms with E-state index in [1.807, 2.05) is 0 Å². The molecule has 0 radical (unpaired) electrons. The Morgan fingerprint density at radius 1 is 1.78 bits per heavy atom. The van der Waals surface area contributed by atoms with E-state index in [4.69, 9.17) is 0 Å². The van der Waals surface area contributed by atoms with Crippen LogP contribution >= 0.6 is 0 Å². The van der Waals surface area contributed by atoms with Gasteiger partial charge in [0.1, 0.15) is 6.67 Å². The standard InChI is InChI=1S/C5H8F2O2/c1-2-4(3-6)5(8)9-7/h4H,2-3H2,1H3. The van der Waals surface area contributed by atoms with E-state index < -0.39 is 18.6 Å². The highest BCUT2D eigenvalue weighted by Crippen LogP contribution is 2.05. The summed E-state index contributed by atoms with van der Waals surface area (Å²) in [4.78, 5) is 13.0. The summed E-state index contributed by atoms with van der Waals surface area (Å²) in [6, 6.07) is 0. The van der Waals surface area contributed by atoms with Gasteiger partial charge in [0, 0.05) is 4.53 Å². The van der Waals surface area contributed by atoms with Gasteiger partial charge in [0.05, 0.1) is 5.92 Å². The summed E-state index contributed by atoms with van der Waals surface area (Å²) in [5.41, 5.74) is 0. The number of rotatable bonds is 3. The molecule has 0 fully saturated rings. The van der Waals surface area contributed by atoms with Crippen LogP contribution in [0.2, 0.25) is 0 Å². The zero-order valence-corrected chi connectivity index (χ0v) is 5.06. The average molecular weight is 138 g/mol. The first-order valence-corrected chi connectivity index (χ1v) is 2.64. The largest absolute Gasteiger partial charge is 0.354 e. The molecule has 0 aromatic heterocycles. The van der Waals surface area contributed by atoms with Gasteiger partial charge in [-0.3, -0.25) is 9.33 Å². The summed E-state index contributed by atoms with van der Waals surface area (Å²) < 4.78 is 22.6. The van der Waals surface area contributed by atoms with Crippen LogP contribution in [-0.2, 0) is 9.74 Å². The van der Waals surface area contributed by atoms with Crippen LogP contribution < -0.4 is 0 Å². The molecule has 9 heavy (non-hydrogen) atoms. The monoisotopic (exact) mass is 138 g/mol. The molecule has 0 amide bonds. The van der Waals surface area contributed by atoms with Crippen LogP contribution in [0.15, 0.2) is 0 Å². The first kappa shape index (κ1) is 8.33. The van der Waals surface area contributed by atoms with Crippen LogP contribution in [-0.4, -0.2) is 12.6 Å². The third kappa shape index (κ3) is 2.39. The molecule has 0 heterocycles. The van der Waals surface area contributed by atoms with E-state index in [-0.39, 0.29) is 6.42 Å². The van der Waals surface area contributed by atoms with Crippen molar-refractivity contribution in [2.45, 2.75) is 13.3 Å². The number of carbonyl (C=O) groups is 1. The zero-order valence-electron chi connectivity index (χ0n) is 5.06. The van der Waals surface area contributed by atoms with Crippen molar-refractivity contribution in [3.8, 4) is 0 Å². The van der Waals surface area contributed by atoms with Gasteiger partial charge >= 0.3 is 5.97 Å². The molecule has 54 valence electrons. The van der Waals surface area contributed by atoms with Crippen molar-refractivity contribution < 1.29 is 18.7 Å². The molecule has 0 aromatic carbocycles. The maximum absolute atomic E-state index is 11.6. The number of hydrogen-bond donors (Lipinski definition) is 0. The van der Waals surface area contributed by atoms with Gasteiger partial charge in [0.2, 0.25) is 0 Å². The first-order chi connectivity index (χ1) is 4.26. The molecule has 0 aliphatic carbocycles. The van der Waals surface area contributed by atoms with Gasteiger partial charge in [-0.15, -0.1) is 0 Å². The summed E-state index contributed by atoms with van der Waals surface area (Å²) in [6.45, 7) is 0.723. The van der Waals surface area contributed by atoms with E-state index in [0.29, 0.717) is 0 Å². The molecule has 4 heteroatoms. The Kier molecular flexibility index (Phi) is 3.92. The van der Waals surface area contributed by atoms with Crippen LogP contribution in [0.25, 0.3) is 0 Å². The average Bonchev–Trinajstić information content (AvgIpc) is 1.90. The molecule has 0 aromatic rings. The highest BCUT2D eigenvalue weighted by atomic mass is 19.3. The molecule has 0 bridgehead atoms. The van der Waals surface area contributed by atoms with Crippen molar-refractivity contribution in [1.82, 2.24) is 0 Å². The van der Waals surface area contributed by atoms with Gasteiger partial charge < -0.3 is 0 Å². The number of halogens is 2. The lowest BCUT2D eigenvalue weighted by Gasteiger charge is -2.01. The third-order valence-electron chi connectivity index (χ3n) is 1.09. The molecular formula is C5H8F2O2. The smallest absolute Gasteiger partial charge is 0.255 e. The number of carbonyl (C=O) groups excluding carboxylic acids is 1.